The van der Waals surface area contributed by atoms with Gasteiger partial charge in [-0.3, -0.25) is 9.69 Å². The lowest BCUT2D eigenvalue weighted by atomic mass is 9.89. The molecule has 0 saturated heterocycles. The largest absolute Gasteiger partial charge is 0.350 e. The minimum atomic E-state index is -0.100. The Kier molecular flexibility index (Phi) is 6.31. The lowest BCUT2D eigenvalue weighted by molar-refractivity contribution is -0.127. The molecule has 19 heavy (non-hydrogen) atoms. The van der Waals surface area contributed by atoms with Crippen LogP contribution < -0.4 is 5.32 Å². The highest BCUT2D eigenvalue weighted by atomic mass is 16.2. The van der Waals surface area contributed by atoms with Crippen molar-refractivity contribution in [2.45, 2.75) is 77.8 Å². The fourth-order valence-corrected chi connectivity index (χ4v) is 2.66. The van der Waals surface area contributed by atoms with E-state index in [2.05, 4.69) is 38.0 Å². The number of hydrogen-bond acceptors (Lipinski definition) is 2. The molecule has 1 aliphatic carbocycles. The molecule has 112 valence electrons. The van der Waals surface area contributed by atoms with E-state index in [-0.39, 0.29) is 17.5 Å². The van der Waals surface area contributed by atoms with Crippen LogP contribution in [0.25, 0.3) is 0 Å². The second kappa shape index (κ2) is 7.28. The Morgan fingerprint density at radius 2 is 1.89 bits per heavy atom. The molecule has 1 aliphatic rings. The summed E-state index contributed by atoms with van der Waals surface area (Å²) >= 11 is 0. The van der Waals surface area contributed by atoms with Gasteiger partial charge in [-0.1, -0.05) is 26.2 Å². The maximum absolute atomic E-state index is 12.2. The van der Waals surface area contributed by atoms with Crippen molar-refractivity contribution in [2.24, 2.45) is 5.92 Å². The predicted molar refractivity (Wildman–Crippen MR) is 81.2 cm³/mol. The first-order chi connectivity index (χ1) is 8.85. The second-order valence-electron chi connectivity index (χ2n) is 6.85. The minimum Gasteiger partial charge on any atom is -0.350 e. The third-order valence-electron chi connectivity index (χ3n) is 4.66. The lowest BCUT2D eigenvalue weighted by Crippen LogP contribution is -2.51. The van der Waals surface area contributed by atoms with Gasteiger partial charge < -0.3 is 5.32 Å². The molecule has 1 atom stereocenters. The first kappa shape index (κ1) is 16.5. The number of nitrogens with zero attached hydrogens (tertiary/aromatic N) is 1. The molecule has 1 amide bonds. The molecule has 1 unspecified atom stereocenters. The van der Waals surface area contributed by atoms with Crippen molar-refractivity contribution < 1.29 is 4.79 Å². The first-order valence-electron chi connectivity index (χ1n) is 7.88. The molecule has 0 aliphatic heterocycles. The topological polar surface area (TPSA) is 32.3 Å². The molecular weight excluding hydrogens is 236 g/mol. The van der Waals surface area contributed by atoms with Gasteiger partial charge in [0.2, 0.25) is 5.91 Å². The molecule has 1 saturated carbocycles. The van der Waals surface area contributed by atoms with Gasteiger partial charge in [-0.05, 0) is 53.0 Å². The van der Waals surface area contributed by atoms with E-state index in [0.717, 1.165) is 18.9 Å². The van der Waals surface area contributed by atoms with Gasteiger partial charge in [0.05, 0.1) is 6.04 Å². The van der Waals surface area contributed by atoms with Crippen molar-refractivity contribution >= 4 is 5.91 Å². The zero-order valence-corrected chi connectivity index (χ0v) is 13.5. The summed E-state index contributed by atoms with van der Waals surface area (Å²) in [6, 6.07) is -0.0345. The molecule has 0 bridgehead atoms. The minimum absolute atomic E-state index is 0.0345. The molecule has 0 spiro atoms. The third-order valence-corrected chi connectivity index (χ3v) is 4.66. The van der Waals surface area contributed by atoms with Gasteiger partial charge in [-0.25, -0.2) is 0 Å². The van der Waals surface area contributed by atoms with Crippen molar-refractivity contribution in [3.63, 3.8) is 0 Å². The van der Waals surface area contributed by atoms with E-state index in [1.165, 1.54) is 32.1 Å². The van der Waals surface area contributed by atoms with Crippen molar-refractivity contribution in [1.29, 1.82) is 0 Å². The number of nitrogens with one attached hydrogen (secondary N) is 1. The van der Waals surface area contributed by atoms with Gasteiger partial charge in [-0.2, -0.15) is 0 Å². The Morgan fingerprint density at radius 1 is 1.32 bits per heavy atom. The normalized spacial score (nSPS) is 19.5. The van der Waals surface area contributed by atoms with Crippen LogP contribution in [0.15, 0.2) is 0 Å². The quantitative estimate of drug-likeness (QED) is 0.802. The van der Waals surface area contributed by atoms with Crippen molar-refractivity contribution in [1.82, 2.24) is 10.2 Å². The van der Waals surface area contributed by atoms with Crippen LogP contribution in [-0.4, -0.2) is 36.0 Å². The molecule has 1 fully saturated rings. The molecule has 3 heteroatoms. The molecule has 3 nitrogen and oxygen atoms in total. The van der Waals surface area contributed by atoms with E-state index in [1.54, 1.807) is 0 Å². The Bertz CT molecular complexity index is 282. The van der Waals surface area contributed by atoms with Crippen molar-refractivity contribution in [3.8, 4) is 0 Å². The van der Waals surface area contributed by atoms with E-state index in [9.17, 15) is 4.79 Å². The SMILES string of the molecule is CCC(C)(C)NC(=O)C(C)N(C)CC1CCCCC1. The molecule has 1 N–H and O–H groups in total. The Hall–Kier alpha value is -0.570. The summed E-state index contributed by atoms with van der Waals surface area (Å²) in [5.74, 6) is 0.943. The molecule has 1 rings (SSSR count). The number of carbonyl (C=O) groups is 1. The fraction of sp³-hybridized carbons (Fsp3) is 0.938. The summed E-state index contributed by atoms with van der Waals surface area (Å²) < 4.78 is 0. The standard InChI is InChI=1S/C16H32N2O/c1-6-16(3,4)17-15(19)13(2)18(5)12-14-10-8-7-9-11-14/h13-14H,6-12H2,1-5H3,(H,17,19). The van der Waals surface area contributed by atoms with Crippen molar-refractivity contribution in [3.05, 3.63) is 0 Å². The lowest BCUT2D eigenvalue weighted by Gasteiger charge is -2.33. The molecule has 0 heterocycles. The number of likely N-dealkylation sites (N-methyl/N-ethyl adjacent to an activating group) is 1. The summed E-state index contributed by atoms with van der Waals surface area (Å²) in [5.41, 5.74) is -0.100. The van der Waals surface area contributed by atoms with Gasteiger partial charge in [0.25, 0.3) is 0 Å². The average Bonchev–Trinajstić information content (AvgIpc) is 2.38. The third kappa shape index (κ3) is 5.52. The van der Waals surface area contributed by atoms with E-state index < -0.39 is 0 Å². The van der Waals surface area contributed by atoms with Crippen LogP contribution in [0.5, 0.6) is 0 Å². The van der Waals surface area contributed by atoms with Gasteiger partial charge in [0, 0.05) is 12.1 Å². The Labute approximate surface area is 119 Å². The Morgan fingerprint density at radius 3 is 2.42 bits per heavy atom. The highest BCUT2D eigenvalue weighted by Gasteiger charge is 2.26. The number of hydrogen-bond donors (Lipinski definition) is 1. The van der Waals surface area contributed by atoms with Crippen LogP contribution in [0.2, 0.25) is 0 Å². The van der Waals surface area contributed by atoms with E-state index >= 15 is 0 Å². The first-order valence-corrected chi connectivity index (χ1v) is 7.88. The summed E-state index contributed by atoms with van der Waals surface area (Å²) in [5, 5.41) is 3.14. The smallest absolute Gasteiger partial charge is 0.237 e. The predicted octanol–water partition coefficient (Wildman–Crippen LogP) is 3.19. The van der Waals surface area contributed by atoms with Gasteiger partial charge in [-0.15, -0.1) is 0 Å². The fourth-order valence-electron chi connectivity index (χ4n) is 2.66. The summed E-state index contributed by atoms with van der Waals surface area (Å²) in [7, 11) is 2.08. The maximum atomic E-state index is 12.2. The highest BCUT2D eigenvalue weighted by molar-refractivity contribution is 5.81. The van der Waals surface area contributed by atoms with Gasteiger partial charge in [0.1, 0.15) is 0 Å². The van der Waals surface area contributed by atoms with Gasteiger partial charge >= 0.3 is 0 Å². The van der Waals surface area contributed by atoms with Crippen molar-refractivity contribution in [2.75, 3.05) is 13.6 Å². The van der Waals surface area contributed by atoms with E-state index in [0.29, 0.717) is 0 Å². The second-order valence-corrected chi connectivity index (χ2v) is 6.85. The van der Waals surface area contributed by atoms with Crippen LogP contribution in [0.1, 0.15) is 66.2 Å². The number of carbonyl (C=O) groups excluding carboxylic acids is 1. The monoisotopic (exact) mass is 268 g/mol. The molecule has 0 aromatic carbocycles. The molecular formula is C16H32N2O. The van der Waals surface area contributed by atoms with Crippen LogP contribution in [0, 0.1) is 5.92 Å². The van der Waals surface area contributed by atoms with Crippen LogP contribution in [0.4, 0.5) is 0 Å². The summed E-state index contributed by atoms with van der Waals surface area (Å²) in [6.07, 6.45) is 7.74. The van der Waals surface area contributed by atoms with Crippen LogP contribution >= 0.6 is 0 Å². The van der Waals surface area contributed by atoms with Gasteiger partial charge in [0.15, 0.2) is 0 Å². The Balaban J connectivity index is 2.42. The summed E-state index contributed by atoms with van der Waals surface area (Å²) in [4.78, 5) is 14.5. The van der Waals surface area contributed by atoms with E-state index in [1.807, 2.05) is 6.92 Å². The number of amides is 1. The van der Waals surface area contributed by atoms with Crippen LogP contribution in [-0.2, 0) is 4.79 Å². The molecule has 0 aromatic heterocycles. The maximum Gasteiger partial charge on any atom is 0.237 e. The summed E-state index contributed by atoms with van der Waals surface area (Å²) in [6.45, 7) is 9.35. The van der Waals surface area contributed by atoms with E-state index in [4.69, 9.17) is 0 Å². The number of rotatable bonds is 6. The molecule has 0 aromatic rings. The molecule has 0 radical (unpaired) electrons. The highest BCUT2D eigenvalue weighted by Crippen LogP contribution is 2.24. The average molecular weight is 268 g/mol. The van der Waals surface area contributed by atoms with Crippen LogP contribution in [0.3, 0.4) is 0 Å². The zero-order valence-electron chi connectivity index (χ0n) is 13.5. The zero-order chi connectivity index (χ0) is 14.5.